The zero-order valence-electron chi connectivity index (χ0n) is 13.4. The summed E-state index contributed by atoms with van der Waals surface area (Å²) in [4.78, 5) is 5.20. The molecule has 1 spiro atoms. The van der Waals surface area contributed by atoms with Crippen LogP contribution in [-0.4, -0.2) is 65.3 Å². The van der Waals surface area contributed by atoms with Gasteiger partial charge in [0.2, 0.25) is 0 Å². The van der Waals surface area contributed by atoms with Crippen molar-refractivity contribution in [3.05, 3.63) is 10.0 Å². The Hall–Kier alpha value is 0.0200. The highest BCUT2D eigenvalue weighted by atomic mass is 35.5. The largest absolute Gasteiger partial charge is 0.317 e. The predicted octanol–water partition coefficient (Wildman–Crippen LogP) is 1.95. The van der Waals surface area contributed by atoms with E-state index < -0.39 is 0 Å². The van der Waals surface area contributed by atoms with Gasteiger partial charge in [0.05, 0.1) is 6.54 Å². The number of likely N-dealkylation sites (N-methyl/N-ethyl adjacent to an activating group) is 1. The zero-order chi connectivity index (χ0) is 14.0. The van der Waals surface area contributed by atoms with Crippen LogP contribution in [0.25, 0.3) is 0 Å². The lowest BCUT2D eigenvalue weighted by atomic mass is 9.86. The molecule has 0 saturated carbocycles. The number of hydrogen-bond donors (Lipinski definition) is 1. The monoisotopic (exact) mass is 367 g/mol. The minimum absolute atomic E-state index is 0. The molecule has 2 fully saturated rings. The lowest BCUT2D eigenvalue weighted by Crippen LogP contribution is -2.57. The van der Waals surface area contributed by atoms with Gasteiger partial charge < -0.3 is 5.32 Å². The standard InChI is InChI=1S/C14H25N5S.2ClH/c1-12-16-17-13(20-12)10-19-9-3-8-18(2)14(11-19)4-6-15-7-5-14;;/h15H,3-11H2,1-2H3;2*1H. The molecule has 128 valence electrons. The molecule has 2 saturated heterocycles. The highest BCUT2D eigenvalue weighted by Gasteiger charge is 2.39. The number of aryl methyl sites for hydroxylation is 1. The average molecular weight is 368 g/mol. The minimum Gasteiger partial charge on any atom is -0.317 e. The predicted molar refractivity (Wildman–Crippen MR) is 96.5 cm³/mol. The minimum atomic E-state index is 0. The second-order valence-electron chi connectivity index (χ2n) is 6.17. The third kappa shape index (κ3) is 4.52. The Balaban J connectivity index is 0.00000121. The number of nitrogens with one attached hydrogen (secondary N) is 1. The van der Waals surface area contributed by atoms with Crippen LogP contribution in [0.4, 0.5) is 0 Å². The Bertz CT molecular complexity index is 450. The molecule has 0 aromatic carbocycles. The molecule has 5 nitrogen and oxygen atoms in total. The summed E-state index contributed by atoms with van der Waals surface area (Å²) in [7, 11) is 2.31. The van der Waals surface area contributed by atoms with E-state index in [1.54, 1.807) is 11.3 Å². The molecule has 3 rings (SSSR count). The van der Waals surface area contributed by atoms with E-state index in [9.17, 15) is 0 Å². The molecule has 0 atom stereocenters. The Morgan fingerprint density at radius 1 is 1.18 bits per heavy atom. The van der Waals surface area contributed by atoms with Crippen molar-refractivity contribution < 1.29 is 0 Å². The summed E-state index contributed by atoms with van der Waals surface area (Å²) >= 11 is 1.73. The summed E-state index contributed by atoms with van der Waals surface area (Å²) in [5.41, 5.74) is 0.363. The lowest BCUT2D eigenvalue weighted by Gasteiger charge is -2.45. The summed E-state index contributed by atoms with van der Waals surface area (Å²) in [6.45, 7) is 8.86. The number of halogens is 2. The van der Waals surface area contributed by atoms with Crippen LogP contribution >= 0.6 is 36.2 Å². The lowest BCUT2D eigenvalue weighted by molar-refractivity contribution is 0.0637. The molecule has 0 amide bonds. The van der Waals surface area contributed by atoms with Gasteiger partial charge in [0.25, 0.3) is 0 Å². The molecule has 0 aliphatic carbocycles. The van der Waals surface area contributed by atoms with Gasteiger partial charge in [-0.25, -0.2) is 0 Å². The van der Waals surface area contributed by atoms with E-state index >= 15 is 0 Å². The summed E-state index contributed by atoms with van der Waals surface area (Å²) in [5.74, 6) is 0. The Morgan fingerprint density at radius 2 is 1.91 bits per heavy atom. The van der Waals surface area contributed by atoms with Crippen molar-refractivity contribution in [2.24, 2.45) is 0 Å². The molecule has 0 bridgehead atoms. The summed E-state index contributed by atoms with van der Waals surface area (Å²) in [6, 6.07) is 0. The van der Waals surface area contributed by atoms with Gasteiger partial charge in [-0.3, -0.25) is 9.80 Å². The summed E-state index contributed by atoms with van der Waals surface area (Å²) < 4.78 is 0. The molecule has 22 heavy (non-hydrogen) atoms. The van der Waals surface area contributed by atoms with E-state index in [2.05, 4.69) is 32.4 Å². The van der Waals surface area contributed by atoms with Crippen LogP contribution in [0.2, 0.25) is 0 Å². The van der Waals surface area contributed by atoms with E-state index in [-0.39, 0.29) is 24.8 Å². The maximum absolute atomic E-state index is 4.29. The Kier molecular flexibility index (Phi) is 7.99. The third-order valence-electron chi connectivity index (χ3n) is 4.76. The molecule has 2 aliphatic rings. The summed E-state index contributed by atoms with van der Waals surface area (Å²) in [5, 5.41) is 14.2. The van der Waals surface area contributed by atoms with Gasteiger partial charge in [-0.1, -0.05) is 0 Å². The summed E-state index contributed by atoms with van der Waals surface area (Å²) in [6.07, 6.45) is 3.77. The molecular formula is C14H27Cl2N5S. The van der Waals surface area contributed by atoms with E-state index in [1.807, 2.05) is 6.92 Å². The first-order valence-electron chi connectivity index (χ1n) is 7.61. The molecule has 3 heterocycles. The van der Waals surface area contributed by atoms with Crippen molar-refractivity contribution in [1.82, 2.24) is 25.3 Å². The highest BCUT2D eigenvalue weighted by Crippen LogP contribution is 2.29. The van der Waals surface area contributed by atoms with Gasteiger partial charge >= 0.3 is 0 Å². The van der Waals surface area contributed by atoms with Crippen molar-refractivity contribution in [3.63, 3.8) is 0 Å². The van der Waals surface area contributed by atoms with E-state index in [0.29, 0.717) is 5.54 Å². The van der Waals surface area contributed by atoms with Gasteiger partial charge in [-0.15, -0.1) is 46.3 Å². The van der Waals surface area contributed by atoms with Crippen LogP contribution < -0.4 is 5.32 Å². The van der Waals surface area contributed by atoms with Gasteiger partial charge in [-0.05, 0) is 59.4 Å². The van der Waals surface area contributed by atoms with Crippen LogP contribution in [-0.2, 0) is 6.54 Å². The zero-order valence-corrected chi connectivity index (χ0v) is 15.8. The fourth-order valence-electron chi connectivity index (χ4n) is 3.54. The first-order valence-corrected chi connectivity index (χ1v) is 8.43. The number of nitrogens with zero attached hydrogens (tertiary/aromatic N) is 4. The topological polar surface area (TPSA) is 44.3 Å². The molecule has 0 unspecified atom stereocenters. The molecule has 1 aromatic heterocycles. The van der Waals surface area contributed by atoms with Crippen LogP contribution in [0, 0.1) is 6.92 Å². The SMILES string of the molecule is Cc1nnc(CN2CCCN(C)C3(CCNCC3)C2)s1.Cl.Cl. The van der Waals surface area contributed by atoms with E-state index in [4.69, 9.17) is 0 Å². The van der Waals surface area contributed by atoms with E-state index in [1.165, 1.54) is 38.9 Å². The quantitative estimate of drug-likeness (QED) is 0.865. The molecule has 0 radical (unpaired) electrons. The van der Waals surface area contributed by atoms with Crippen molar-refractivity contribution in [1.29, 1.82) is 0 Å². The van der Waals surface area contributed by atoms with Crippen molar-refractivity contribution >= 4 is 36.2 Å². The second kappa shape index (κ2) is 8.76. The average Bonchev–Trinajstić information content (AvgIpc) is 2.78. The first kappa shape index (κ1) is 20.1. The second-order valence-corrected chi connectivity index (χ2v) is 7.44. The smallest absolute Gasteiger partial charge is 0.131 e. The van der Waals surface area contributed by atoms with Crippen molar-refractivity contribution in [2.75, 3.05) is 39.8 Å². The first-order chi connectivity index (χ1) is 9.68. The number of piperidine rings is 1. The number of hydrogen-bond acceptors (Lipinski definition) is 6. The number of aromatic nitrogens is 2. The molecule has 1 aromatic rings. The normalized spacial score (nSPS) is 22.6. The molecule has 2 aliphatic heterocycles. The molecule has 8 heteroatoms. The highest BCUT2D eigenvalue weighted by molar-refractivity contribution is 7.11. The van der Waals surface area contributed by atoms with Gasteiger partial charge in [0, 0.05) is 12.1 Å². The molecular weight excluding hydrogens is 341 g/mol. The van der Waals surface area contributed by atoms with Crippen LogP contribution in [0.15, 0.2) is 0 Å². The molecule has 1 N–H and O–H groups in total. The van der Waals surface area contributed by atoms with Crippen LogP contribution in [0.5, 0.6) is 0 Å². The number of rotatable bonds is 2. The fraction of sp³-hybridized carbons (Fsp3) is 0.857. The van der Waals surface area contributed by atoms with Crippen molar-refractivity contribution in [3.8, 4) is 0 Å². The fourth-order valence-corrected chi connectivity index (χ4v) is 4.30. The maximum atomic E-state index is 4.29. The van der Waals surface area contributed by atoms with Crippen LogP contribution in [0.3, 0.4) is 0 Å². The van der Waals surface area contributed by atoms with Gasteiger partial charge in [-0.2, -0.15) is 0 Å². The Morgan fingerprint density at radius 3 is 2.55 bits per heavy atom. The van der Waals surface area contributed by atoms with Gasteiger partial charge in [0.1, 0.15) is 10.0 Å². The Labute approximate surface area is 149 Å². The van der Waals surface area contributed by atoms with Crippen molar-refractivity contribution in [2.45, 2.75) is 38.3 Å². The van der Waals surface area contributed by atoms with Gasteiger partial charge in [0.15, 0.2) is 0 Å². The van der Waals surface area contributed by atoms with E-state index in [0.717, 1.165) is 29.6 Å². The van der Waals surface area contributed by atoms with Crippen LogP contribution in [0.1, 0.15) is 29.3 Å². The third-order valence-corrected chi connectivity index (χ3v) is 5.58. The maximum Gasteiger partial charge on any atom is 0.131 e.